The van der Waals surface area contributed by atoms with Crippen LogP contribution in [0.3, 0.4) is 0 Å². The van der Waals surface area contributed by atoms with Crippen LogP contribution >= 0.6 is 15.9 Å². The summed E-state index contributed by atoms with van der Waals surface area (Å²) >= 11 is 5.44. The van der Waals surface area contributed by atoms with E-state index in [1.807, 2.05) is 12.1 Å². The first-order valence-electron chi connectivity index (χ1n) is 2.51. The molecule has 36 valence electrons. The van der Waals surface area contributed by atoms with Crippen molar-refractivity contribution in [1.82, 2.24) is 0 Å². The Morgan fingerprint density at radius 2 is 2.12 bits per heavy atom. The van der Waals surface area contributed by atoms with E-state index < -0.39 is 0 Å². The van der Waals surface area contributed by atoms with Gasteiger partial charge in [-0.15, -0.1) is 0 Å². The van der Waals surface area contributed by atoms with Crippen LogP contribution in [-0.4, -0.2) is 17.7 Å². The summed E-state index contributed by atoms with van der Waals surface area (Å²) in [5.74, 6) is 0. The molecule has 0 unspecified atom stereocenters. The van der Waals surface area contributed by atoms with Crippen LogP contribution in [0.15, 0.2) is 28.7 Å². The molecular weight excluding hydrogens is 159 g/mol. The summed E-state index contributed by atoms with van der Waals surface area (Å²) in [6, 6.07) is 8.21. The second kappa shape index (κ2) is 2.73. The topological polar surface area (TPSA) is 0 Å². The fourth-order valence-corrected chi connectivity index (χ4v) is 1.12. The zero-order chi connectivity index (χ0) is 5.98. The van der Waals surface area contributed by atoms with Crippen molar-refractivity contribution < 1.29 is 0 Å². The molecular formula is C6H4BrLi. The molecule has 0 saturated heterocycles. The van der Waals surface area contributed by atoms with E-state index in [0.717, 1.165) is 4.47 Å². The Hall–Kier alpha value is 0.297. The van der Waals surface area contributed by atoms with Gasteiger partial charge in [0.15, 0.2) is 0 Å². The van der Waals surface area contributed by atoms with Gasteiger partial charge in [0.2, 0.25) is 0 Å². The molecule has 0 heterocycles. The molecule has 2 heteroatoms. The molecule has 1 aromatic carbocycles. The van der Waals surface area contributed by atoms with Gasteiger partial charge in [0.25, 0.3) is 0 Å². The maximum atomic E-state index is 3.36. The van der Waals surface area contributed by atoms with Gasteiger partial charge in [-0.25, -0.2) is 0 Å². The molecule has 0 fully saturated rings. The molecule has 0 amide bonds. The van der Waals surface area contributed by atoms with E-state index in [9.17, 15) is 0 Å². The van der Waals surface area contributed by atoms with Crippen molar-refractivity contribution in [2.45, 2.75) is 0 Å². The van der Waals surface area contributed by atoms with Crippen molar-refractivity contribution in [3.05, 3.63) is 28.7 Å². The molecule has 1 aromatic rings. The fourth-order valence-electron chi connectivity index (χ4n) is 0.606. The first-order valence-corrected chi connectivity index (χ1v) is 3.30. The maximum absolute atomic E-state index is 3.36. The van der Waals surface area contributed by atoms with Gasteiger partial charge in [-0.05, 0) is 0 Å². The normalized spacial score (nSPS) is 9.38. The molecule has 8 heavy (non-hydrogen) atoms. The van der Waals surface area contributed by atoms with E-state index in [0.29, 0.717) is 0 Å². The predicted octanol–water partition coefficient (Wildman–Crippen LogP) is 1.24. The van der Waals surface area contributed by atoms with Crippen molar-refractivity contribution in [1.29, 1.82) is 0 Å². The van der Waals surface area contributed by atoms with E-state index in [2.05, 4.69) is 45.8 Å². The number of hydrogen-bond acceptors (Lipinski definition) is 0. The molecule has 0 bridgehead atoms. The van der Waals surface area contributed by atoms with Crippen LogP contribution in [0.2, 0.25) is 0 Å². The summed E-state index contributed by atoms with van der Waals surface area (Å²) in [5, 5.41) is 0. The van der Waals surface area contributed by atoms with E-state index in [1.54, 1.807) is 0 Å². The van der Waals surface area contributed by atoms with Crippen molar-refractivity contribution in [2.75, 3.05) is 0 Å². The number of halogens is 1. The van der Waals surface area contributed by atoms with Gasteiger partial charge in [-0.1, -0.05) is 0 Å². The number of benzene rings is 1. The Bertz CT molecular complexity index is 168. The summed E-state index contributed by atoms with van der Waals surface area (Å²) in [7, 11) is 0. The van der Waals surface area contributed by atoms with Crippen molar-refractivity contribution in [3.8, 4) is 0 Å². The molecule has 0 nitrogen and oxygen atoms in total. The van der Waals surface area contributed by atoms with Crippen LogP contribution in [0.1, 0.15) is 0 Å². The van der Waals surface area contributed by atoms with Crippen molar-refractivity contribution in [3.63, 3.8) is 0 Å². The van der Waals surface area contributed by atoms with Crippen molar-refractivity contribution >= 4 is 37.9 Å². The summed E-state index contributed by atoms with van der Waals surface area (Å²) in [6.07, 6.45) is 0. The van der Waals surface area contributed by atoms with Crippen LogP contribution in [0.25, 0.3) is 0 Å². The Morgan fingerprint density at radius 3 is 2.50 bits per heavy atom. The van der Waals surface area contributed by atoms with Crippen LogP contribution < -0.4 is 4.24 Å². The third-order valence-electron chi connectivity index (χ3n) is 0.980. The third-order valence-corrected chi connectivity index (χ3v) is 1.47. The van der Waals surface area contributed by atoms with Crippen LogP contribution in [-0.2, 0) is 0 Å². The molecule has 0 atom stereocenters. The molecule has 0 aliphatic rings. The Labute approximate surface area is 66.6 Å². The second-order valence-corrected chi connectivity index (χ2v) is 2.71. The van der Waals surface area contributed by atoms with Crippen LogP contribution in [0.4, 0.5) is 0 Å². The van der Waals surface area contributed by atoms with Gasteiger partial charge in [0, 0.05) is 0 Å². The Kier molecular flexibility index (Phi) is 2.19. The monoisotopic (exact) mass is 162 g/mol. The van der Waals surface area contributed by atoms with Gasteiger partial charge >= 0.3 is 66.6 Å². The average Bonchev–Trinajstić information content (AvgIpc) is 1.64. The summed E-state index contributed by atoms with van der Waals surface area (Å²) in [4.78, 5) is 0. The standard InChI is InChI=1S/C6H4Br.Li/c7-6-4-2-1-3-5-6;/h1-2,4-5H;. The molecule has 0 radical (unpaired) electrons. The molecule has 1 rings (SSSR count). The zero-order valence-corrected chi connectivity index (χ0v) is 6.27. The van der Waals surface area contributed by atoms with E-state index in [1.165, 1.54) is 4.24 Å². The van der Waals surface area contributed by atoms with Gasteiger partial charge in [0.05, 0.1) is 0 Å². The molecule has 0 spiro atoms. The first-order chi connectivity index (χ1) is 3.79. The minimum absolute atomic E-state index is 1.15. The SMILES string of the molecule is [Li][c]1cccc(Br)c1. The molecule has 0 saturated carbocycles. The summed E-state index contributed by atoms with van der Waals surface area (Å²) < 4.78 is 2.44. The quantitative estimate of drug-likeness (QED) is 0.504. The Balaban J connectivity index is 3.08. The number of hydrogen-bond donors (Lipinski definition) is 0. The van der Waals surface area contributed by atoms with Crippen LogP contribution in [0, 0.1) is 0 Å². The summed E-state index contributed by atoms with van der Waals surface area (Å²) in [5.41, 5.74) is 0. The van der Waals surface area contributed by atoms with Gasteiger partial charge in [-0.2, -0.15) is 0 Å². The molecule has 0 aromatic heterocycles. The van der Waals surface area contributed by atoms with Gasteiger partial charge in [0.1, 0.15) is 0 Å². The second-order valence-electron chi connectivity index (χ2n) is 1.80. The van der Waals surface area contributed by atoms with Crippen molar-refractivity contribution in [2.24, 2.45) is 0 Å². The van der Waals surface area contributed by atoms with E-state index in [4.69, 9.17) is 0 Å². The Morgan fingerprint density at radius 1 is 1.38 bits per heavy atom. The predicted molar refractivity (Wildman–Crippen MR) is 39.5 cm³/mol. The van der Waals surface area contributed by atoms with Crippen LogP contribution in [0.5, 0.6) is 0 Å². The zero-order valence-electron chi connectivity index (χ0n) is 4.69. The average molecular weight is 163 g/mol. The molecule has 0 aliphatic heterocycles. The van der Waals surface area contributed by atoms with Gasteiger partial charge < -0.3 is 0 Å². The first kappa shape index (κ1) is 6.42. The number of rotatable bonds is 0. The fraction of sp³-hybridized carbons (Fsp3) is 0. The van der Waals surface area contributed by atoms with E-state index >= 15 is 0 Å². The molecule has 0 N–H and O–H groups in total. The van der Waals surface area contributed by atoms with Gasteiger partial charge in [-0.3, -0.25) is 0 Å². The molecule has 0 aliphatic carbocycles. The third kappa shape index (κ3) is 1.67. The minimum atomic E-state index is 1.15. The summed E-state index contributed by atoms with van der Waals surface area (Å²) in [6.45, 7) is 0. The van der Waals surface area contributed by atoms with E-state index in [-0.39, 0.29) is 0 Å².